The van der Waals surface area contributed by atoms with Crippen LogP contribution in [0.15, 0.2) is 18.2 Å². The normalized spacial score (nSPS) is 19.3. The van der Waals surface area contributed by atoms with Crippen molar-refractivity contribution in [2.24, 2.45) is 0 Å². The minimum Gasteiger partial charge on any atom is -0.492 e. The van der Waals surface area contributed by atoms with Gasteiger partial charge in [0.2, 0.25) is 0 Å². The fraction of sp³-hybridized carbons (Fsp3) is 0.538. The maximum Gasteiger partial charge on any atom is 0.138 e. The van der Waals surface area contributed by atoms with Crippen molar-refractivity contribution in [1.29, 1.82) is 0 Å². The Morgan fingerprint density at radius 3 is 3.06 bits per heavy atom. The van der Waals surface area contributed by atoms with E-state index in [0.29, 0.717) is 17.7 Å². The second-order valence-corrected chi connectivity index (χ2v) is 4.50. The predicted octanol–water partition coefficient (Wildman–Crippen LogP) is 3.33. The van der Waals surface area contributed by atoms with Gasteiger partial charge in [0.25, 0.3) is 0 Å². The molecule has 1 N–H and O–H groups in total. The molecule has 0 aliphatic carbocycles. The van der Waals surface area contributed by atoms with Gasteiger partial charge in [-0.05, 0) is 38.0 Å². The van der Waals surface area contributed by atoms with Crippen LogP contribution in [0.25, 0.3) is 0 Å². The summed E-state index contributed by atoms with van der Waals surface area (Å²) in [5.74, 6) is 0.733. The van der Waals surface area contributed by atoms with Crippen molar-refractivity contribution in [3.8, 4) is 5.75 Å². The van der Waals surface area contributed by atoms with Crippen molar-refractivity contribution in [1.82, 2.24) is 0 Å². The summed E-state index contributed by atoms with van der Waals surface area (Å²) < 4.78 is 10.9. The van der Waals surface area contributed by atoms with Gasteiger partial charge in [0.05, 0.1) is 17.7 Å². The number of ether oxygens (including phenoxy) is 2. The number of halogens is 1. The number of nitrogens with one attached hydrogen (secondary N) is 1. The van der Waals surface area contributed by atoms with E-state index in [1.165, 1.54) is 0 Å². The average Bonchev–Trinajstić information content (AvgIpc) is 2.83. The van der Waals surface area contributed by atoms with Crippen LogP contribution in [0.1, 0.15) is 19.8 Å². The highest BCUT2D eigenvalue weighted by atomic mass is 35.5. The molecule has 2 rings (SSSR count). The van der Waals surface area contributed by atoms with Crippen LogP contribution >= 0.6 is 11.6 Å². The van der Waals surface area contributed by atoms with Crippen LogP contribution in [0.3, 0.4) is 0 Å². The highest BCUT2D eigenvalue weighted by Gasteiger charge is 2.14. The van der Waals surface area contributed by atoms with E-state index in [4.69, 9.17) is 21.1 Å². The van der Waals surface area contributed by atoms with Crippen LogP contribution in [0.5, 0.6) is 5.75 Å². The standard InChI is InChI=1S/C13H18ClNO2/c1-2-16-13-6-5-10(8-12(13)14)15-9-11-4-3-7-17-11/h5-6,8,11,15H,2-4,7,9H2,1H3. The topological polar surface area (TPSA) is 30.5 Å². The summed E-state index contributed by atoms with van der Waals surface area (Å²) in [5, 5.41) is 3.97. The number of hydrogen-bond acceptors (Lipinski definition) is 3. The molecule has 1 aromatic carbocycles. The molecule has 0 spiro atoms. The lowest BCUT2D eigenvalue weighted by Crippen LogP contribution is -2.18. The minimum atomic E-state index is 0.334. The molecular formula is C13H18ClNO2. The molecular weight excluding hydrogens is 238 g/mol. The van der Waals surface area contributed by atoms with Crippen molar-refractivity contribution in [3.63, 3.8) is 0 Å². The Morgan fingerprint density at radius 2 is 2.41 bits per heavy atom. The molecule has 1 unspecified atom stereocenters. The van der Waals surface area contributed by atoms with E-state index in [1.807, 2.05) is 25.1 Å². The van der Waals surface area contributed by atoms with Gasteiger partial charge in [-0.25, -0.2) is 0 Å². The quantitative estimate of drug-likeness (QED) is 0.876. The molecule has 1 heterocycles. The maximum absolute atomic E-state index is 6.11. The van der Waals surface area contributed by atoms with Gasteiger partial charge in [-0.3, -0.25) is 0 Å². The lowest BCUT2D eigenvalue weighted by atomic mass is 10.2. The van der Waals surface area contributed by atoms with Gasteiger partial charge in [0, 0.05) is 18.8 Å². The zero-order chi connectivity index (χ0) is 12.1. The molecule has 1 aliphatic rings. The van der Waals surface area contributed by atoms with Gasteiger partial charge in [-0.2, -0.15) is 0 Å². The van der Waals surface area contributed by atoms with E-state index in [-0.39, 0.29) is 0 Å². The molecule has 0 bridgehead atoms. The molecule has 1 aromatic rings. The number of benzene rings is 1. The van der Waals surface area contributed by atoms with Gasteiger partial charge in [0.15, 0.2) is 0 Å². The summed E-state index contributed by atoms with van der Waals surface area (Å²) in [6, 6.07) is 5.76. The monoisotopic (exact) mass is 255 g/mol. The zero-order valence-electron chi connectivity index (χ0n) is 10.0. The Labute approximate surface area is 107 Å². The second-order valence-electron chi connectivity index (χ2n) is 4.09. The van der Waals surface area contributed by atoms with Crippen molar-refractivity contribution in [3.05, 3.63) is 23.2 Å². The number of anilines is 1. The first-order valence-corrected chi connectivity index (χ1v) is 6.45. The zero-order valence-corrected chi connectivity index (χ0v) is 10.8. The number of hydrogen-bond donors (Lipinski definition) is 1. The highest BCUT2D eigenvalue weighted by Crippen LogP contribution is 2.27. The highest BCUT2D eigenvalue weighted by molar-refractivity contribution is 6.32. The van der Waals surface area contributed by atoms with Crippen LogP contribution in [-0.2, 0) is 4.74 Å². The van der Waals surface area contributed by atoms with Crippen LogP contribution < -0.4 is 10.1 Å². The minimum absolute atomic E-state index is 0.334. The van der Waals surface area contributed by atoms with Crippen LogP contribution in [-0.4, -0.2) is 25.9 Å². The molecule has 0 aromatic heterocycles. The van der Waals surface area contributed by atoms with E-state index in [9.17, 15) is 0 Å². The molecule has 0 radical (unpaired) electrons. The smallest absolute Gasteiger partial charge is 0.138 e. The van der Waals surface area contributed by atoms with Crippen LogP contribution in [0.4, 0.5) is 5.69 Å². The van der Waals surface area contributed by atoms with Crippen molar-refractivity contribution in [2.75, 3.05) is 25.1 Å². The average molecular weight is 256 g/mol. The first kappa shape index (κ1) is 12.5. The third kappa shape index (κ3) is 3.51. The third-order valence-corrected chi connectivity index (χ3v) is 3.08. The van der Waals surface area contributed by atoms with Gasteiger partial charge in [-0.15, -0.1) is 0 Å². The molecule has 1 atom stereocenters. The second kappa shape index (κ2) is 6.12. The van der Waals surface area contributed by atoms with Gasteiger partial charge < -0.3 is 14.8 Å². The summed E-state index contributed by atoms with van der Waals surface area (Å²) >= 11 is 6.11. The molecule has 94 valence electrons. The fourth-order valence-corrected chi connectivity index (χ4v) is 2.16. The number of rotatable bonds is 5. The molecule has 1 aliphatic heterocycles. The summed E-state index contributed by atoms with van der Waals surface area (Å²) in [6.07, 6.45) is 2.63. The van der Waals surface area contributed by atoms with Crippen molar-refractivity contribution >= 4 is 17.3 Å². The lowest BCUT2D eigenvalue weighted by Gasteiger charge is -2.13. The Kier molecular flexibility index (Phi) is 4.51. The summed E-state index contributed by atoms with van der Waals surface area (Å²) in [7, 11) is 0. The first-order chi connectivity index (χ1) is 8.29. The third-order valence-electron chi connectivity index (χ3n) is 2.79. The molecule has 0 amide bonds. The molecule has 17 heavy (non-hydrogen) atoms. The molecule has 1 fully saturated rings. The van der Waals surface area contributed by atoms with E-state index in [1.54, 1.807) is 0 Å². The van der Waals surface area contributed by atoms with Gasteiger partial charge in [-0.1, -0.05) is 11.6 Å². The summed E-state index contributed by atoms with van der Waals surface area (Å²) in [5.41, 5.74) is 1.01. The molecule has 4 heteroatoms. The summed E-state index contributed by atoms with van der Waals surface area (Å²) in [4.78, 5) is 0. The SMILES string of the molecule is CCOc1ccc(NCC2CCCO2)cc1Cl. The van der Waals surface area contributed by atoms with Crippen molar-refractivity contribution < 1.29 is 9.47 Å². The van der Waals surface area contributed by atoms with Gasteiger partial charge >= 0.3 is 0 Å². The molecule has 1 saturated heterocycles. The van der Waals surface area contributed by atoms with Crippen molar-refractivity contribution in [2.45, 2.75) is 25.9 Å². The fourth-order valence-electron chi connectivity index (χ4n) is 1.92. The summed E-state index contributed by atoms with van der Waals surface area (Å²) in [6.45, 7) is 4.29. The Bertz CT molecular complexity index is 364. The predicted molar refractivity (Wildman–Crippen MR) is 70.1 cm³/mol. The Hall–Kier alpha value is -0.930. The molecule has 3 nitrogen and oxygen atoms in total. The largest absolute Gasteiger partial charge is 0.492 e. The van der Waals surface area contributed by atoms with E-state index >= 15 is 0 Å². The Balaban J connectivity index is 1.90. The van der Waals surface area contributed by atoms with E-state index in [0.717, 1.165) is 37.4 Å². The first-order valence-electron chi connectivity index (χ1n) is 6.07. The van der Waals surface area contributed by atoms with E-state index in [2.05, 4.69) is 5.32 Å². The molecule has 0 saturated carbocycles. The lowest BCUT2D eigenvalue weighted by molar-refractivity contribution is 0.120. The van der Waals surface area contributed by atoms with Gasteiger partial charge in [0.1, 0.15) is 5.75 Å². The van der Waals surface area contributed by atoms with Crippen LogP contribution in [0, 0.1) is 0 Å². The Morgan fingerprint density at radius 1 is 1.53 bits per heavy atom. The van der Waals surface area contributed by atoms with Crippen LogP contribution in [0.2, 0.25) is 5.02 Å². The maximum atomic E-state index is 6.11. The van der Waals surface area contributed by atoms with E-state index < -0.39 is 0 Å².